The standard InChI is InChI=1S/C33H42N2O6S/c1-5-40-33(37)20-28(17-18-32(36)34(4)22-26-11-7-6-8-12-26)27-16-15-24(2)29(19-27)23-35-21-25(3)41-30-13-9-10-14-31(30)42(35,38)39/h6-16,19,25,28,38-39H,5,17-18,20-23H2,1-4H3. The summed E-state index contributed by atoms with van der Waals surface area (Å²) in [5.74, 6) is -0.0514. The Balaban J connectivity index is 1.54. The Kier molecular flexibility index (Phi) is 10.7. The summed E-state index contributed by atoms with van der Waals surface area (Å²) < 4.78 is 35.7. The molecule has 0 radical (unpaired) electrons. The molecule has 1 heterocycles. The van der Waals surface area contributed by atoms with Gasteiger partial charge < -0.3 is 14.4 Å². The molecule has 1 amide bonds. The average Bonchev–Trinajstić information content (AvgIpc) is 3.05. The SMILES string of the molecule is CCOC(=O)CC(CCC(=O)N(C)Cc1ccccc1)c1ccc(C)c(CN2CC(C)Oc3ccccc3S2(O)O)c1. The third kappa shape index (κ3) is 7.92. The van der Waals surface area contributed by atoms with E-state index in [1.807, 2.05) is 68.4 Å². The first-order valence-corrected chi connectivity index (χ1v) is 15.9. The maximum Gasteiger partial charge on any atom is 0.306 e. The highest BCUT2D eigenvalue weighted by atomic mass is 32.3. The van der Waals surface area contributed by atoms with Gasteiger partial charge in [-0.1, -0.05) is 60.7 Å². The van der Waals surface area contributed by atoms with Crippen LogP contribution in [0.4, 0.5) is 0 Å². The number of carbonyl (C=O) groups excluding carboxylic acids is 2. The van der Waals surface area contributed by atoms with Gasteiger partial charge >= 0.3 is 5.97 Å². The van der Waals surface area contributed by atoms with E-state index in [4.69, 9.17) is 9.47 Å². The van der Waals surface area contributed by atoms with E-state index >= 15 is 0 Å². The second kappa shape index (κ2) is 14.2. The smallest absolute Gasteiger partial charge is 0.306 e. The molecule has 0 aromatic heterocycles. The molecule has 226 valence electrons. The second-order valence-electron chi connectivity index (χ2n) is 10.9. The third-order valence-corrected chi connectivity index (χ3v) is 9.52. The van der Waals surface area contributed by atoms with Gasteiger partial charge in [0.05, 0.1) is 19.6 Å². The Bertz CT molecular complexity index is 1370. The molecule has 2 unspecified atom stereocenters. The third-order valence-electron chi connectivity index (χ3n) is 7.60. The number of aryl methyl sites for hydroxylation is 1. The van der Waals surface area contributed by atoms with Crippen molar-refractivity contribution in [2.24, 2.45) is 0 Å². The first-order valence-electron chi connectivity index (χ1n) is 14.4. The summed E-state index contributed by atoms with van der Waals surface area (Å²) in [7, 11) is -1.51. The summed E-state index contributed by atoms with van der Waals surface area (Å²) in [5.41, 5.74) is 3.88. The minimum Gasteiger partial charge on any atom is -0.487 e. The summed E-state index contributed by atoms with van der Waals surface area (Å²) in [5, 5.41) is 0. The van der Waals surface area contributed by atoms with Gasteiger partial charge in [-0.25, -0.2) is 0 Å². The number of fused-ring (bicyclic) bond motifs is 1. The highest BCUT2D eigenvalue weighted by Gasteiger charge is 2.34. The van der Waals surface area contributed by atoms with Crippen molar-refractivity contribution in [3.8, 4) is 5.75 Å². The summed E-state index contributed by atoms with van der Waals surface area (Å²) >= 11 is 0. The topological polar surface area (TPSA) is 99.5 Å². The molecule has 0 saturated heterocycles. The number of hydrogen-bond donors (Lipinski definition) is 2. The van der Waals surface area contributed by atoms with E-state index in [0.717, 1.165) is 22.3 Å². The van der Waals surface area contributed by atoms with Crippen LogP contribution < -0.4 is 4.74 Å². The molecule has 1 aliphatic rings. The van der Waals surface area contributed by atoms with Crippen molar-refractivity contribution in [3.05, 3.63) is 95.1 Å². The van der Waals surface area contributed by atoms with Gasteiger partial charge in [0.25, 0.3) is 0 Å². The fraction of sp³-hybridized carbons (Fsp3) is 0.394. The van der Waals surface area contributed by atoms with Crippen molar-refractivity contribution in [3.63, 3.8) is 0 Å². The van der Waals surface area contributed by atoms with E-state index in [9.17, 15) is 18.7 Å². The molecule has 1 aliphatic heterocycles. The van der Waals surface area contributed by atoms with E-state index < -0.39 is 10.8 Å². The first-order chi connectivity index (χ1) is 20.1. The second-order valence-corrected chi connectivity index (χ2v) is 12.9. The predicted molar refractivity (Wildman–Crippen MR) is 165 cm³/mol. The molecule has 0 fully saturated rings. The number of amides is 1. The van der Waals surface area contributed by atoms with Crippen molar-refractivity contribution in [2.75, 3.05) is 20.2 Å². The number of ether oxygens (including phenoxy) is 2. The van der Waals surface area contributed by atoms with E-state index in [2.05, 4.69) is 0 Å². The first kappa shape index (κ1) is 31.6. The van der Waals surface area contributed by atoms with Crippen LogP contribution in [0.25, 0.3) is 0 Å². The Hall–Kier alpha value is -3.37. The monoisotopic (exact) mass is 594 g/mol. The lowest BCUT2D eigenvalue weighted by molar-refractivity contribution is -0.143. The summed E-state index contributed by atoms with van der Waals surface area (Å²) in [4.78, 5) is 27.7. The number of benzene rings is 3. The van der Waals surface area contributed by atoms with Crippen molar-refractivity contribution in [1.29, 1.82) is 0 Å². The lowest BCUT2D eigenvalue weighted by Gasteiger charge is -2.42. The maximum atomic E-state index is 13.1. The quantitative estimate of drug-likeness (QED) is 0.236. The van der Waals surface area contributed by atoms with E-state index in [0.29, 0.717) is 30.2 Å². The summed E-state index contributed by atoms with van der Waals surface area (Å²) in [6, 6.07) is 22.9. The minimum atomic E-state index is -3.30. The normalized spacial score (nSPS) is 17.7. The number of hydrogen-bond acceptors (Lipinski definition) is 7. The van der Waals surface area contributed by atoms with Crippen molar-refractivity contribution >= 4 is 22.7 Å². The molecular formula is C33H42N2O6S. The molecule has 2 N–H and O–H groups in total. The van der Waals surface area contributed by atoms with Crippen LogP contribution in [-0.4, -0.2) is 56.5 Å². The molecule has 9 heteroatoms. The zero-order valence-electron chi connectivity index (χ0n) is 24.9. The van der Waals surface area contributed by atoms with Gasteiger partial charge in [-0.05, 0) is 67.5 Å². The zero-order valence-corrected chi connectivity index (χ0v) is 25.7. The van der Waals surface area contributed by atoms with Crippen LogP contribution in [0.1, 0.15) is 61.3 Å². The molecule has 2 atom stereocenters. The fourth-order valence-electron chi connectivity index (χ4n) is 5.26. The van der Waals surface area contributed by atoms with Gasteiger partial charge in [-0.2, -0.15) is 4.31 Å². The summed E-state index contributed by atoms with van der Waals surface area (Å²) in [6.45, 7) is 7.10. The fourth-order valence-corrected chi connectivity index (χ4v) is 6.92. The molecule has 42 heavy (non-hydrogen) atoms. The number of rotatable bonds is 11. The highest BCUT2D eigenvalue weighted by Crippen LogP contribution is 2.57. The highest BCUT2D eigenvalue weighted by molar-refractivity contribution is 8.22. The molecule has 3 aromatic carbocycles. The van der Waals surface area contributed by atoms with Crippen LogP contribution in [0.2, 0.25) is 0 Å². The predicted octanol–water partition coefficient (Wildman–Crippen LogP) is 6.78. The molecule has 0 aliphatic carbocycles. The number of nitrogens with zero attached hydrogens (tertiary/aromatic N) is 2. The summed E-state index contributed by atoms with van der Waals surface area (Å²) in [6.07, 6.45) is 0.674. The molecule has 0 saturated carbocycles. The number of para-hydroxylation sites is 1. The van der Waals surface area contributed by atoms with Gasteiger partial charge in [0.15, 0.2) is 0 Å². The average molecular weight is 595 g/mol. The zero-order chi connectivity index (χ0) is 30.3. The van der Waals surface area contributed by atoms with Gasteiger partial charge in [-0.15, -0.1) is 10.8 Å². The lowest BCUT2D eigenvalue weighted by Crippen LogP contribution is -2.33. The van der Waals surface area contributed by atoms with Crippen LogP contribution in [0, 0.1) is 6.92 Å². The Morgan fingerprint density at radius 3 is 2.55 bits per heavy atom. The molecule has 3 aromatic rings. The minimum absolute atomic E-state index is 0.00575. The van der Waals surface area contributed by atoms with E-state index in [-0.39, 0.29) is 49.9 Å². The van der Waals surface area contributed by atoms with Crippen LogP contribution in [0.15, 0.2) is 77.7 Å². The Morgan fingerprint density at radius 1 is 1.10 bits per heavy atom. The van der Waals surface area contributed by atoms with Crippen LogP contribution in [-0.2, 0) is 27.4 Å². The molecular weight excluding hydrogens is 552 g/mol. The van der Waals surface area contributed by atoms with Crippen LogP contribution in [0.5, 0.6) is 5.75 Å². The number of carbonyl (C=O) groups is 2. The molecule has 8 nitrogen and oxygen atoms in total. The van der Waals surface area contributed by atoms with Gasteiger partial charge in [0.1, 0.15) is 16.7 Å². The van der Waals surface area contributed by atoms with Gasteiger partial charge in [0.2, 0.25) is 5.91 Å². The van der Waals surface area contributed by atoms with Crippen molar-refractivity contribution in [2.45, 2.75) is 70.0 Å². The van der Waals surface area contributed by atoms with Gasteiger partial charge in [-0.3, -0.25) is 18.7 Å². The molecule has 4 rings (SSSR count). The maximum absolute atomic E-state index is 13.1. The Labute approximate surface area is 250 Å². The van der Waals surface area contributed by atoms with Crippen LogP contribution in [0.3, 0.4) is 0 Å². The van der Waals surface area contributed by atoms with E-state index in [1.54, 1.807) is 41.4 Å². The molecule has 0 spiro atoms. The lowest BCUT2D eigenvalue weighted by atomic mass is 9.88. The molecule has 0 bridgehead atoms. The van der Waals surface area contributed by atoms with Crippen molar-refractivity contribution in [1.82, 2.24) is 9.21 Å². The van der Waals surface area contributed by atoms with E-state index in [1.165, 1.54) is 0 Å². The van der Waals surface area contributed by atoms with Crippen LogP contribution >= 0.6 is 10.8 Å². The Morgan fingerprint density at radius 2 is 1.81 bits per heavy atom. The van der Waals surface area contributed by atoms with Crippen molar-refractivity contribution < 1.29 is 28.2 Å². The van der Waals surface area contributed by atoms with Gasteiger partial charge in [0, 0.05) is 26.6 Å². The largest absolute Gasteiger partial charge is 0.487 e. The number of esters is 1.